The average Bonchev–Trinajstić information content (AvgIpc) is 3.32. The summed E-state index contributed by atoms with van der Waals surface area (Å²) >= 11 is 0. The molecule has 0 unspecified atom stereocenters. The maximum Gasteiger partial charge on any atom is 0.273 e. The quantitative estimate of drug-likeness (QED) is 0.227. The van der Waals surface area contributed by atoms with Gasteiger partial charge in [0.25, 0.3) is 11.6 Å². The number of nitrogens with zero attached hydrogens (tertiary/aromatic N) is 4. The molecular formula is C31H40N4O5. The number of nitro benzene ring substituents is 1. The second-order valence-corrected chi connectivity index (χ2v) is 11.5. The van der Waals surface area contributed by atoms with E-state index in [2.05, 4.69) is 4.57 Å². The highest BCUT2D eigenvalue weighted by Gasteiger charge is 2.31. The summed E-state index contributed by atoms with van der Waals surface area (Å²) in [4.78, 5) is 41.6. The van der Waals surface area contributed by atoms with E-state index in [9.17, 15) is 19.7 Å². The summed E-state index contributed by atoms with van der Waals surface area (Å²) in [6.45, 7) is 12.7. The summed E-state index contributed by atoms with van der Waals surface area (Å²) in [7, 11) is 1.64. The summed E-state index contributed by atoms with van der Waals surface area (Å²) in [6, 6.07) is 16.3. The zero-order valence-corrected chi connectivity index (χ0v) is 24.5. The summed E-state index contributed by atoms with van der Waals surface area (Å²) in [6.07, 6.45) is 1.99. The number of rotatable bonds is 11. The minimum atomic E-state index is -0.517. The summed E-state index contributed by atoms with van der Waals surface area (Å²) in [5, 5.41) is 11.5. The van der Waals surface area contributed by atoms with E-state index in [1.165, 1.54) is 11.0 Å². The largest absolute Gasteiger partial charge is 0.497 e. The van der Waals surface area contributed by atoms with Crippen LogP contribution < -0.4 is 4.74 Å². The van der Waals surface area contributed by atoms with Crippen LogP contribution in [0.15, 0.2) is 60.8 Å². The van der Waals surface area contributed by atoms with Gasteiger partial charge in [0.15, 0.2) is 0 Å². The lowest BCUT2D eigenvalue weighted by atomic mass is 10.0. The van der Waals surface area contributed by atoms with E-state index < -0.39 is 16.4 Å². The Balaban J connectivity index is 1.85. The normalized spacial score (nSPS) is 11.4. The first-order chi connectivity index (χ1) is 18.8. The van der Waals surface area contributed by atoms with Crippen molar-refractivity contribution in [3.05, 3.63) is 93.3 Å². The minimum absolute atomic E-state index is 0.0976. The van der Waals surface area contributed by atoms with Crippen LogP contribution >= 0.6 is 0 Å². The van der Waals surface area contributed by atoms with E-state index >= 15 is 0 Å². The molecule has 9 heteroatoms. The highest BCUT2D eigenvalue weighted by molar-refractivity contribution is 5.97. The number of aromatic nitrogens is 1. The van der Waals surface area contributed by atoms with E-state index in [1.54, 1.807) is 31.1 Å². The second-order valence-electron chi connectivity index (χ2n) is 11.5. The molecule has 0 atom stereocenters. The third-order valence-corrected chi connectivity index (χ3v) is 6.69. The van der Waals surface area contributed by atoms with E-state index in [4.69, 9.17) is 4.74 Å². The molecule has 1 heterocycles. The van der Waals surface area contributed by atoms with Crippen molar-refractivity contribution in [3.8, 4) is 5.75 Å². The Hall–Kier alpha value is -4.14. The van der Waals surface area contributed by atoms with Gasteiger partial charge in [-0.15, -0.1) is 0 Å². The first kappa shape index (κ1) is 30.4. The number of amides is 2. The lowest BCUT2D eigenvalue weighted by Crippen LogP contribution is -2.50. The van der Waals surface area contributed by atoms with Crippen molar-refractivity contribution in [2.45, 2.75) is 60.2 Å². The fraction of sp³-hybridized carbons (Fsp3) is 0.419. The molecule has 214 valence electrons. The Morgan fingerprint density at radius 1 is 1.07 bits per heavy atom. The van der Waals surface area contributed by atoms with Crippen molar-refractivity contribution >= 4 is 17.5 Å². The van der Waals surface area contributed by atoms with Gasteiger partial charge in [0.05, 0.1) is 18.6 Å². The van der Waals surface area contributed by atoms with Crippen LogP contribution in [0.3, 0.4) is 0 Å². The van der Waals surface area contributed by atoms with Crippen molar-refractivity contribution in [3.63, 3.8) is 0 Å². The predicted molar refractivity (Wildman–Crippen MR) is 155 cm³/mol. The van der Waals surface area contributed by atoms with Gasteiger partial charge in [0, 0.05) is 47.7 Å². The molecule has 2 aromatic carbocycles. The molecule has 9 nitrogen and oxygen atoms in total. The van der Waals surface area contributed by atoms with Gasteiger partial charge in [-0.25, -0.2) is 0 Å². The Bertz CT molecular complexity index is 1360. The maximum absolute atomic E-state index is 13.8. The van der Waals surface area contributed by atoms with Crippen molar-refractivity contribution in [1.29, 1.82) is 0 Å². The molecule has 0 fully saturated rings. The van der Waals surface area contributed by atoms with Crippen LogP contribution in [-0.2, 0) is 17.9 Å². The molecule has 0 aliphatic rings. The Morgan fingerprint density at radius 2 is 1.80 bits per heavy atom. The van der Waals surface area contributed by atoms with Crippen LogP contribution in [0.4, 0.5) is 5.69 Å². The molecule has 1 aromatic heterocycles. The number of hydrogen-bond donors (Lipinski definition) is 0. The van der Waals surface area contributed by atoms with Crippen molar-refractivity contribution in [1.82, 2.24) is 14.4 Å². The molecule has 2 amide bonds. The topological polar surface area (TPSA) is 97.9 Å². The first-order valence-corrected chi connectivity index (χ1v) is 13.4. The molecular weight excluding hydrogens is 508 g/mol. The van der Waals surface area contributed by atoms with Crippen LogP contribution in [0.1, 0.15) is 61.8 Å². The Morgan fingerprint density at radius 3 is 2.42 bits per heavy atom. The fourth-order valence-corrected chi connectivity index (χ4v) is 4.61. The zero-order chi connectivity index (χ0) is 29.6. The third kappa shape index (κ3) is 7.71. The lowest BCUT2D eigenvalue weighted by molar-refractivity contribution is -0.385. The molecule has 0 radical (unpaired) electrons. The number of hydrogen-bond acceptors (Lipinski definition) is 5. The highest BCUT2D eigenvalue weighted by Crippen LogP contribution is 2.23. The monoisotopic (exact) mass is 548 g/mol. The van der Waals surface area contributed by atoms with Crippen LogP contribution in [0, 0.1) is 23.0 Å². The van der Waals surface area contributed by atoms with E-state index in [0.717, 1.165) is 17.0 Å². The van der Waals surface area contributed by atoms with Crippen molar-refractivity contribution < 1.29 is 19.2 Å². The van der Waals surface area contributed by atoms with Crippen molar-refractivity contribution in [2.24, 2.45) is 5.92 Å². The Kier molecular flexibility index (Phi) is 9.74. The summed E-state index contributed by atoms with van der Waals surface area (Å²) in [5.41, 5.74) is 2.07. The van der Waals surface area contributed by atoms with E-state index in [1.807, 2.05) is 77.2 Å². The summed E-state index contributed by atoms with van der Waals surface area (Å²) in [5.74, 6) is 0.282. The lowest BCUT2D eigenvalue weighted by Gasteiger charge is -2.37. The molecule has 40 heavy (non-hydrogen) atoms. The number of nitro groups is 1. The molecule has 0 saturated carbocycles. The molecule has 0 aliphatic carbocycles. The van der Waals surface area contributed by atoms with Gasteiger partial charge in [0.2, 0.25) is 5.91 Å². The smallest absolute Gasteiger partial charge is 0.273 e. The van der Waals surface area contributed by atoms with Gasteiger partial charge in [-0.3, -0.25) is 19.7 Å². The van der Waals surface area contributed by atoms with E-state index in [-0.39, 0.29) is 29.6 Å². The van der Waals surface area contributed by atoms with Gasteiger partial charge in [-0.2, -0.15) is 0 Å². The van der Waals surface area contributed by atoms with Gasteiger partial charge < -0.3 is 19.1 Å². The predicted octanol–water partition coefficient (Wildman–Crippen LogP) is 5.69. The highest BCUT2D eigenvalue weighted by atomic mass is 16.6. The fourth-order valence-electron chi connectivity index (χ4n) is 4.61. The molecule has 0 bridgehead atoms. The number of aryl methyl sites for hydroxylation is 1. The number of ether oxygens (including phenoxy) is 1. The molecule has 0 aliphatic heterocycles. The molecule has 0 N–H and O–H groups in total. The van der Waals surface area contributed by atoms with Gasteiger partial charge in [-0.1, -0.05) is 32.0 Å². The molecule has 0 spiro atoms. The van der Waals surface area contributed by atoms with E-state index in [0.29, 0.717) is 25.2 Å². The van der Waals surface area contributed by atoms with Gasteiger partial charge in [0.1, 0.15) is 12.3 Å². The van der Waals surface area contributed by atoms with Crippen LogP contribution in [0.25, 0.3) is 0 Å². The van der Waals surface area contributed by atoms with Crippen molar-refractivity contribution in [2.75, 3.05) is 20.2 Å². The number of carbonyl (C=O) groups is 2. The molecule has 3 aromatic rings. The average molecular weight is 549 g/mol. The SMILES string of the molecule is COc1cccc(Cn2cccc2CN(C(=O)CN(CC(C)C)C(=O)c2ccc(C)c([N+](=O)[O-])c2)C(C)(C)C)c1. The van der Waals surface area contributed by atoms with Gasteiger partial charge >= 0.3 is 0 Å². The van der Waals surface area contributed by atoms with Crippen LogP contribution in [0.5, 0.6) is 5.75 Å². The molecule has 3 rings (SSSR count). The number of carbonyl (C=O) groups excluding carboxylic acids is 2. The maximum atomic E-state index is 13.8. The van der Waals surface area contributed by atoms with Crippen LogP contribution in [-0.4, -0.2) is 56.8 Å². The number of benzene rings is 2. The number of methoxy groups -OCH3 is 1. The first-order valence-electron chi connectivity index (χ1n) is 13.4. The van der Waals surface area contributed by atoms with Gasteiger partial charge in [-0.05, 0) is 69.5 Å². The molecule has 0 saturated heterocycles. The van der Waals surface area contributed by atoms with Crippen LogP contribution in [0.2, 0.25) is 0 Å². The summed E-state index contributed by atoms with van der Waals surface area (Å²) < 4.78 is 7.46. The second kappa shape index (κ2) is 12.8. The Labute approximate surface area is 236 Å². The zero-order valence-electron chi connectivity index (χ0n) is 24.5. The minimum Gasteiger partial charge on any atom is -0.497 e. The third-order valence-electron chi connectivity index (χ3n) is 6.69. The standard InChI is InChI=1S/C31H40N4O5/c1-22(2)18-33(30(37)25-14-13-23(3)28(17-25)35(38)39)21-29(36)34(31(4,5)6)20-26-11-9-15-32(26)19-24-10-8-12-27(16-24)40-7/h8-17,22H,18-21H2,1-7H3.